The van der Waals surface area contributed by atoms with Crippen LogP contribution in [0.5, 0.6) is 11.5 Å². The molecule has 154 valence electrons. The van der Waals surface area contributed by atoms with Crippen LogP contribution in [0.1, 0.15) is 21.6 Å². The second kappa shape index (κ2) is 8.11. The van der Waals surface area contributed by atoms with Crippen molar-refractivity contribution in [2.45, 2.75) is 23.4 Å². The maximum atomic E-state index is 12.5. The minimum atomic E-state index is -0.713. The molecule has 3 aromatic rings. The number of carbonyl (C=O) groups excluding carboxylic acids is 2. The molecule has 0 atom stereocenters. The quantitative estimate of drug-likeness (QED) is 0.630. The topological polar surface area (TPSA) is 108 Å². The fourth-order valence-corrected chi connectivity index (χ4v) is 4.02. The van der Waals surface area contributed by atoms with Crippen LogP contribution in [0.2, 0.25) is 0 Å². The van der Waals surface area contributed by atoms with Gasteiger partial charge in [0.1, 0.15) is 5.82 Å². The number of aromatic nitrogens is 2. The minimum Gasteiger partial charge on any atom is -0.454 e. The van der Waals surface area contributed by atoms with Crippen molar-refractivity contribution in [1.82, 2.24) is 9.55 Å². The van der Waals surface area contributed by atoms with Crippen molar-refractivity contribution < 1.29 is 19.1 Å². The number of imidazole rings is 1. The molecule has 1 aromatic heterocycles. The molecule has 0 saturated heterocycles. The molecule has 1 aliphatic rings. The Hall–Kier alpha value is -3.46. The van der Waals surface area contributed by atoms with E-state index >= 15 is 0 Å². The van der Waals surface area contributed by atoms with E-state index in [0.717, 1.165) is 16.0 Å². The molecule has 0 unspecified atom stereocenters. The summed E-state index contributed by atoms with van der Waals surface area (Å²) in [7, 11) is 1.72. The molecule has 4 rings (SSSR count). The highest BCUT2D eigenvalue weighted by Crippen LogP contribution is 2.40. The molecule has 0 saturated carbocycles. The zero-order valence-electron chi connectivity index (χ0n) is 16.5. The van der Waals surface area contributed by atoms with Gasteiger partial charge >= 0.3 is 0 Å². The second-order valence-corrected chi connectivity index (χ2v) is 7.81. The maximum Gasteiger partial charge on any atom is 0.271 e. The molecule has 8 nitrogen and oxygen atoms in total. The third-order valence-electron chi connectivity index (χ3n) is 4.62. The number of hydrogen-bond donors (Lipinski definition) is 2. The summed E-state index contributed by atoms with van der Waals surface area (Å²) in [6.45, 7) is 2.14. The zero-order chi connectivity index (χ0) is 21.3. The molecule has 0 spiro atoms. The minimum absolute atomic E-state index is 0.0137. The number of ether oxygens (including phenoxy) is 2. The molecule has 0 fully saturated rings. The number of carbonyl (C=O) groups is 2. The number of benzene rings is 2. The molecule has 1 aliphatic heterocycles. The van der Waals surface area contributed by atoms with E-state index < -0.39 is 5.91 Å². The first kappa shape index (κ1) is 19.8. The van der Waals surface area contributed by atoms with Crippen molar-refractivity contribution in [1.29, 1.82) is 0 Å². The first-order valence-corrected chi connectivity index (χ1v) is 10.0. The van der Waals surface area contributed by atoms with Crippen molar-refractivity contribution in [2.24, 2.45) is 12.8 Å². The molecule has 0 radical (unpaired) electrons. The smallest absolute Gasteiger partial charge is 0.271 e. The summed E-state index contributed by atoms with van der Waals surface area (Å²) < 4.78 is 12.5. The Kier molecular flexibility index (Phi) is 5.37. The lowest BCUT2D eigenvalue weighted by Gasteiger charge is -2.10. The number of anilines is 1. The van der Waals surface area contributed by atoms with Gasteiger partial charge in [0.05, 0.1) is 6.42 Å². The summed E-state index contributed by atoms with van der Waals surface area (Å²) in [4.78, 5) is 29.7. The molecular formula is C21H20N4O4S. The Balaban J connectivity index is 1.60. The van der Waals surface area contributed by atoms with Crippen LogP contribution in [0.4, 0.5) is 5.82 Å². The Labute approximate surface area is 177 Å². The average molecular weight is 424 g/mol. The Morgan fingerprint density at radius 2 is 1.90 bits per heavy atom. The number of nitrogens with one attached hydrogen (secondary N) is 1. The number of primary amides is 1. The molecule has 2 heterocycles. The highest BCUT2D eigenvalue weighted by molar-refractivity contribution is 7.99. The molecule has 2 aromatic carbocycles. The van der Waals surface area contributed by atoms with Gasteiger partial charge in [0.2, 0.25) is 12.7 Å². The summed E-state index contributed by atoms with van der Waals surface area (Å²) in [5.74, 6) is 0.647. The highest BCUT2D eigenvalue weighted by atomic mass is 32.2. The summed E-state index contributed by atoms with van der Waals surface area (Å²) in [5, 5.41) is 3.29. The Morgan fingerprint density at radius 3 is 2.60 bits per heavy atom. The fourth-order valence-electron chi connectivity index (χ4n) is 3.07. The number of amides is 2. The van der Waals surface area contributed by atoms with Gasteiger partial charge < -0.3 is 25.1 Å². The average Bonchev–Trinajstić information content (AvgIpc) is 3.28. The maximum absolute atomic E-state index is 12.5. The Bertz CT molecular complexity index is 1130. The largest absolute Gasteiger partial charge is 0.454 e. The van der Waals surface area contributed by atoms with E-state index in [0.29, 0.717) is 16.7 Å². The van der Waals surface area contributed by atoms with Crippen molar-refractivity contribution in [2.75, 3.05) is 12.1 Å². The summed E-state index contributed by atoms with van der Waals surface area (Å²) in [5.41, 5.74) is 7.36. The first-order chi connectivity index (χ1) is 14.4. The number of hydrogen-bond acceptors (Lipinski definition) is 6. The van der Waals surface area contributed by atoms with Gasteiger partial charge in [-0.1, -0.05) is 42.1 Å². The van der Waals surface area contributed by atoms with E-state index in [4.69, 9.17) is 15.2 Å². The molecule has 30 heavy (non-hydrogen) atoms. The van der Waals surface area contributed by atoms with E-state index in [1.807, 2.05) is 49.4 Å². The van der Waals surface area contributed by atoms with Crippen LogP contribution in [-0.4, -0.2) is 28.2 Å². The van der Waals surface area contributed by atoms with Crippen LogP contribution in [0.3, 0.4) is 0 Å². The lowest BCUT2D eigenvalue weighted by molar-refractivity contribution is -0.115. The predicted octanol–water partition coefficient (Wildman–Crippen LogP) is 2.89. The third-order valence-corrected chi connectivity index (χ3v) is 5.83. The summed E-state index contributed by atoms with van der Waals surface area (Å²) in [6.07, 6.45) is 0.175. The third kappa shape index (κ3) is 3.97. The fraction of sp³-hybridized carbons (Fsp3) is 0.190. The van der Waals surface area contributed by atoms with Crippen molar-refractivity contribution in [3.05, 3.63) is 59.3 Å². The van der Waals surface area contributed by atoms with Crippen LogP contribution in [0, 0.1) is 6.92 Å². The van der Waals surface area contributed by atoms with Crippen LogP contribution >= 0.6 is 11.8 Å². The SMILES string of the molecule is Cc1cc2c(cc1Sc1nc(C(N)=O)c(NC(=O)Cc3ccccc3)n1C)OCO2. The zero-order valence-corrected chi connectivity index (χ0v) is 17.3. The van der Waals surface area contributed by atoms with E-state index in [2.05, 4.69) is 10.3 Å². The molecule has 0 aliphatic carbocycles. The predicted molar refractivity (Wildman–Crippen MR) is 112 cm³/mol. The van der Waals surface area contributed by atoms with Crippen LogP contribution < -0.4 is 20.5 Å². The van der Waals surface area contributed by atoms with Gasteiger partial charge in [-0.2, -0.15) is 0 Å². The Morgan fingerprint density at radius 1 is 1.20 bits per heavy atom. The highest BCUT2D eigenvalue weighted by Gasteiger charge is 2.23. The van der Waals surface area contributed by atoms with E-state index in [1.165, 1.54) is 11.8 Å². The summed E-state index contributed by atoms with van der Waals surface area (Å²) in [6, 6.07) is 13.1. The van der Waals surface area contributed by atoms with Gasteiger partial charge in [-0.15, -0.1) is 0 Å². The van der Waals surface area contributed by atoms with Gasteiger partial charge in [-0.05, 0) is 30.2 Å². The van der Waals surface area contributed by atoms with Crippen LogP contribution in [0.15, 0.2) is 52.5 Å². The summed E-state index contributed by atoms with van der Waals surface area (Å²) >= 11 is 1.35. The normalized spacial score (nSPS) is 12.1. The van der Waals surface area contributed by atoms with E-state index in [1.54, 1.807) is 11.6 Å². The van der Waals surface area contributed by atoms with Crippen molar-refractivity contribution in [3.63, 3.8) is 0 Å². The molecular weight excluding hydrogens is 404 g/mol. The van der Waals surface area contributed by atoms with Gasteiger partial charge in [0, 0.05) is 11.9 Å². The first-order valence-electron chi connectivity index (χ1n) is 9.20. The van der Waals surface area contributed by atoms with Gasteiger partial charge in [0.15, 0.2) is 22.3 Å². The molecule has 0 bridgehead atoms. The van der Waals surface area contributed by atoms with E-state index in [-0.39, 0.29) is 30.6 Å². The number of rotatable bonds is 6. The lowest BCUT2D eigenvalue weighted by Crippen LogP contribution is -2.20. The van der Waals surface area contributed by atoms with Crippen molar-refractivity contribution >= 4 is 29.4 Å². The van der Waals surface area contributed by atoms with Gasteiger partial charge in [-0.25, -0.2) is 4.98 Å². The number of aryl methyl sites for hydroxylation is 1. The molecule has 2 amide bonds. The number of fused-ring (bicyclic) bond motifs is 1. The van der Waals surface area contributed by atoms with Gasteiger partial charge in [0.25, 0.3) is 5.91 Å². The molecule has 3 N–H and O–H groups in total. The molecule has 9 heteroatoms. The number of nitrogens with zero attached hydrogens (tertiary/aromatic N) is 2. The number of nitrogens with two attached hydrogens (primary N) is 1. The van der Waals surface area contributed by atoms with Crippen LogP contribution in [0.25, 0.3) is 0 Å². The monoisotopic (exact) mass is 424 g/mol. The lowest BCUT2D eigenvalue weighted by atomic mass is 10.1. The second-order valence-electron chi connectivity index (χ2n) is 6.80. The van der Waals surface area contributed by atoms with Crippen molar-refractivity contribution in [3.8, 4) is 11.5 Å². The van der Waals surface area contributed by atoms with Crippen LogP contribution in [-0.2, 0) is 18.3 Å². The standard InChI is InChI=1S/C21H20N4O4S/c1-12-8-14-15(29-11-28-14)10-16(12)30-21-24-18(19(22)27)20(25(21)2)23-17(26)9-13-6-4-3-5-7-13/h3-8,10H,9,11H2,1-2H3,(H2,22,27)(H,23,26). The van der Waals surface area contributed by atoms with Gasteiger partial charge in [-0.3, -0.25) is 9.59 Å². The van der Waals surface area contributed by atoms with E-state index in [9.17, 15) is 9.59 Å².